The lowest BCUT2D eigenvalue weighted by molar-refractivity contribution is -0.123. The molecule has 3 aromatic rings. The maximum Gasteiger partial charge on any atom is 0.258 e. The fourth-order valence-electron chi connectivity index (χ4n) is 3.24. The van der Waals surface area contributed by atoms with Gasteiger partial charge in [0.1, 0.15) is 11.6 Å². The van der Waals surface area contributed by atoms with Crippen LogP contribution in [0.25, 0.3) is 11.0 Å². The van der Waals surface area contributed by atoms with Crippen LogP contribution in [-0.4, -0.2) is 51.1 Å². The van der Waals surface area contributed by atoms with Gasteiger partial charge in [0.05, 0.1) is 18.1 Å². The highest BCUT2D eigenvalue weighted by atomic mass is 32.2. The van der Waals surface area contributed by atoms with E-state index in [1.165, 1.54) is 5.56 Å². The number of thioether (sulfide) groups is 1. The second-order valence-electron chi connectivity index (χ2n) is 8.95. The molecule has 8 nitrogen and oxygen atoms in total. The standard InChI is InChI=1S/C25H36N6O2S/c1-6-13-34-25-29-23(27-14-17(2)3)21-15-28-31(24(21)30-25)12-11-26-22(32)16-33-20-9-7-19(8-10-20)18(4)5/h7-10,15,17-18H,6,11-14,16H2,1-5H3,(H,26,32)(H,27,29,30). The fraction of sp³-hybridized carbons (Fsp3) is 0.520. The summed E-state index contributed by atoms with van der Waals surface area (Å²) >= 11 is 1.64. The van der Waals surface area contributed by atoms with Crippen molar-refractivity contribution in [3.05, 3.63) is 36.0 Å². The molecule has 34 heavy (non-hydrogen) atoms. The summed E-state index contributed by atoms with van der Waals surface area (Å²) < 4.78 is 7.43. The number of amides is 1. The first-order chi connectivity index (χ1) is 16.4. The van der Waals surface area contributed by atoms with Gasteiger partial charge in [-0.3, -0.25) is 4.79 Å². The smallest absolute Gasteiger partial charge is 0.258 e. The van der Waals surface area contributed by atoms with Gasteiger partial charge < -0.3 is 15.4 Å². The SMILES string of the molecule is CCCSc1nc(NCC(C)C)c2cnn(CCNC(=O)COc3ccc(C(C)C)cc3)c2n1. The molecule has 0 bridgehead atoms. The molecule has 0 unspecified atom stereocenters. The quantitative estimate of drug-likeness (QED) is 0.268. The molecule has 184 valence electrons. The zero-order valence-corrected chi connectivity index (χ0v) is 21.6. The molecule has 2 heterocycles. The molecule has 0 saturated carbocycles. The van der Waals surface area contributed by atoms with E-state index in [4.69, 9.17) is 14.7 Å². The van der Waals surface area contributed by atoms with Crippen LogP contribution in [0.3, 0.4) is 0 Å². The minimum Gasteiger partial charge on any atom is -0.484 e. The van der Waals surface area contributed by atoms with Crippen molar-refractivity contribution in [2.24, 2.45) is 5.92 Å². The molecule has 0 aliphatic rings. The van der Waals surface area contributed by atoms with Crippen molar-refractivity contribution in [2.75, 3.05) is 30.8 Å². The number of hydrogen-bond acceptors (Lipinski definition) is 7. The molecule has 0 spiro atoms. The van der Waals surface area contributed by atoms with Gasteiger partial charge in [-0.1, -0.05) is 58.5 Å². The van der Waals surface area contributed by atoms with Gasteiger partial charge >= 0.3 is 0 Å². The van der Waals surface area contributed by atoms with E-state index in [9.17, 15) is 4.79 Å². The van der Waals surface area contributed by atoms with Gasteiger partial charge in [0.25, 0.3) is 5.91 Å². The maximum absolute atomic E-state index is 12.3. The Balaban J connectivity index is 1.58. The van der Waals surface area contributed by atoms with Crippen LogP contribution < -0.4 is 15.4 Å². The van der Waals surface area contributed by atoms with Gasteiger partial charge in [0, 0.05) is 18.8 Å². The third kappa shape index (κ3) is 7.35. The monoisotopic (exact) mass is 484 g/mol. The second kappa shape index (κ2) is 12.6. The molecule has 2 aromatic heterocycles. The molecular weight excluding hydrogens is 448 g/mol. The highest BCUT2D eigenvalue weighted by Gasteiger charge is 2.14. The van der Waals surface area contributed by atoms with E-state index in [0.29, 0.717) is 30.7 Å². The van der Waals surface area contributed by atoms with Gasteiger partial charge in [-0.2, -0.15) is 5.10 Å². The number of aromatic nitrogens is 4. The third-order valence-electron chi connectivity index (χ3n) is 5.15. The number of nitrogens with zero attached hydrogens (tertiary/aromatic N) is 4. The van der Waals surface area contributed by atoms with Gasteiger partial charge in [0.15, 0.2) is 17.4 Å². The second-order valence-corrected chi connectivity index (χ2v) is 10.0. The first-order valence-corrected chi connectivity index (χ1v) is 13.0. The molecule has 0 atom stereocenters. The summed E-state index contributed by atoms with van der Waals surface area (Å²) in [6.07, 6.45) is 2.84. The van der Waals surface area contributed by atoms with Crippen molar-refractivity contribution in [1.82, 2.24) is 25.1 Å². The Morgan fingerprint density at radius 1 is 1.15 bits per heavy atom. The largest absolute Gasteiger partial charge is 0.484 e. The number of ether oxygens (including phenoxy) is 1. The summed E-state index contributed by atoms with van der Waals surface area (Å²) in [5.74, 6) is 3.25. The van der Waals surface area contributed by atoms with Crippen LogP contribution in [-0.2, 0) is 11.3 Å². The molecule has 9 heteroatoms. The molecule has 0 aliphatic carbocycles. The summed E-state index contributed by atoms with van der Waals surface area (Å²) in [6.45, 7) is 12.5. The first-order valence-electron chi connectivity index (χ1n) is 12.0. The van der Waals surface area contributed by atoms with Crippen LogP contribution >= 0.6 is 11.8 Å². The van der Waals surface area contributed by atoms with E-state index in [0.717, 1.165) is 40.7 Å². The Morgan fingerprint density at radius 3 is 2.59 bits per heavy atom. The van der Waals surface area contributed by atoms with Crippen LogP contribution in [0, 0.1) is 5.92 Å². The Hall–Kier alpha value is -2.81. The van der Waals surface area contributed by atoms with Gasteiger partial charge in [-0.05, 0) is 36.0 Å². The molecule has 3 rings (SSSR count). The molecular formula is C25H36N6O2S. The average molecular weight is 485 g/mol. The third-order valence-corrected chi connectivity index (χ3v) is 6.20. The number of carbonyl (C=O) groups is 1. The Morgan fingerprint density at radius 2 is 1.91 bits per heavy atom. The molecule has 0 aliphatic heterocycles. The molecule has 0 radical (unpaired) electrons. The molecule has 1 aromatic carbocycles. The molecule has 2 N–H and O–H groups in total. The van der Waals surface area contributed by atoms with Crippen molar-refractivity contribution in [2.45, 2.75) is 58.7 Å². The number of benzene rings is 1. The summed E-state index contributed by atoms with van der Waals surface area (Å²) in [5, 5.41) is 12.5. The lowest BCUT2D eigenvalue weighted by Crippen LogP contribution is -2.31. The minimum atomic E-state index is -0.169. The minimum absolute atomic E-state index is 0.0237. The van der Waals surface area contributed by atoms with Crippen LogP contribution in [0.4, 0.5) is 5.82 Å². The summed E-state index contributed by atoms with van der Waals surface area (Å²) in [4.78, 5) is 21.7. The lowest BCUT2D eigenvalue weighted by atomic mass is 10.0. The van der Waals surface area contributed by atoms with E-state index in [-0.39, 0.29) is 12.5 Å². The predicted octanol–water partition coefficient (Wildman–Crippen LogP) is 4.71. The highest BCUT2D eigenvalue weighted by molar-refractivity contribution is 7.99. The summed E-state index contributed by atoms with van der Waals surface area (Å²) in [7, 11) is 0. The van der Waals surface area contributed by atoms with E-state index >= 15 is 0 Å². The van der Waals surface area contributed by atoms with Crippen molar-refractivity contribution < 1.29 is 9.53 Å². The van der Waals surface area contributed by atoms with Crippen molar-refractivity contribution in [1.29, 1.82) is 0 Å². The Kier molecular flexibility index (Phi) is 9.56. The van der Waals surface area contributed by atoms with Gasteiger partial charge in [0.2, 0.25) is 0 Å². The predicted molar refractivity (Wildman–Crippen MR) is 139 cm³/mol. The van der Waals surface area contributed by atoms with E-state index in [1.807, 2.05) is 28.9 Å². The number of carbonyl (C=O) groups excluding carboxylic acids is 1. The summed E-state index contributed by atoms with van der Waals surface area (Å²) in [6, 6.07) is 7.86. The van der Waals surface area contributed by atoms with Crippen molar-refractivity contribution in [3.63, 3.8) is 0 Å². The normalized spacial score (nSPS) is 11.4. The highest BCUT2D eigenvalue weighted by Crippen LogP contribution is 2.25. The number of rotatable bonds is 13. The van der Waals surface area contributed by atoms with Crippen molar-refractivity contribution >= 4 is 34.5 Å². The fourth-order valence-corrected chi connectivity index (χ4v) is 3.94. The molecule has 0 fully saturated rings. The number of hydrogen-bond donors (Lipinski definition) is 2. The number of nitrogens with one attached hydrogen (secondary N) is 2. The number of anilines is 1. The zero-order valence-electron chi connectivity index (χ0n) is 20.8. The maximum atomic E-state index is 12.3. The summed E-state index contributed by atoms with van der Waals surface area (Å²) in [5.41, 5.74) is 2.02. The first kappa shape index (κ1) is 25.8. The van der Waals surface area contributed by atoms with Gasteiger partial charge in [-0.15, -0.1) is 0 Å². The molecule has 0 saturated heterocycles. The Bertz CT molecular complexity index is 1070. The van der Waals surface area contributed by atoms with Crippen LogP contribution in [0.15, 0.2) is 35.6 Å². The van der Waals surface area contributed by atoms with Gasteiger partial charge in [-0.25, -0.2) is 14.6 Å². The van der Waals surface area contributed by atoms with Crippen molar-refractivity contribution in [3.8, 4) is 5.75 Å². The van der Waals surface area contributed by atoms with Crippen LogP contribution in [0.1, 0.15) is 52.5 Å². The van der Waals surface area contributed by atoms with E-state index < -0.39 is 0 Å². The molecule has 1 amide bonds. The van der Waals surface area contributed by atoms with E-state index in [2.05, 4.69) is 50.4 Å². The zero-order chi connectivity index (χ0) is 24.5. The lowest BCUT2D eigenvalue weighted by Gasteiger charge is -2.11. The van der Waals surface area contributed by atoms with Crippen LogP contribution in [0.2, 0.25) is 0 Å². The topological polar surface area (TPSA) is 94.0 Å². The van der Waals surface area contributed by atoms with E-state index in [1.54, 1.807) is 18.0 Å². The average Bonchev–Trinajstić information content (AvgIpc) is 3.23. The Labute approximate surface area is 206 Å². The number of fused-ring (bicyclic) bond motifs is 1. The van der Waals surface area contributed by atoms with Crippen LogP contribution in [0.5, 0.6) is 5.75 Å².